The molecule has 21 heavy (non-hydrogen) atoms. The van der Waals surface area contributed by atoms with E-state index < -0.39 is 18.6 Å². The standard InChI is InChI=1S/C15H15F3N2O/c16-15(17,18)9-20(8-10-4-5-10)14(21)12-3-1-2-11-6-7-19-13(11)12/h1-3,6-7,10,19H,4-5,8-9H2. The number of para-hydroxylation sites is 1. The summed E-state index contributed by atoms with van der Waals surface area (Å²) in [5, 5.41) is 0.819. The second-order valence-electron chi connectivity index (χ2n) is 5.49. The van der Waals surface area contributed by atoms with Gasteiger partial charge in [0.15, 0.2) is 0 Å². The zero-order valence-electron chi connectivity index (χ0n) is 11.3. The van der Waals surface area contributed by atoms with Crippen LogP contribution in [-0.2, 0) is 0 Å². The van der Waals surface area contributed by atoms with Crippen molar-refractivity contribution in [3.05, 3.63) is 36.0 Å². The van der Waals surface area contributed by atoms with E-state index in [4.69, 9.17) is 0 Å². The van der Waals surface area contributed by atoms with Crippen molar-refractivity contribution < 1.29 is 18.0 Å². The number of halogens is 3. The Labute approximate surface area is 119 Å². The van der Waals surface area contributed by atoms with Crippen LogP contribution in [0.15, 0.2) is 30.5 Å². The molecule has 1 N–H and O–H groups in total. The number of hydrogen-bond donors (Lipinski definition) is 1. The number of nitrogens with one attached hydrogen (secondary N) is 1. The van der Waals surface area contributed by atoms with Gasteiger partial charge in [-0.1, -0.05) is 12.1 Å². The van der Waals surface area contributed by atoms with Gasteiger partial charge >= 0.3 is 6.18 Å². The molecular formula is C15H15F3N2O. The molecule has 3 rings (SSSR count). The van der Waals surface area contributed by atoms with Crippen molar-refractivity contribution in [2.75, 3.05) is 13.1 Å². The predicted molar refractivity (Wildman–Crippen MR) is 73.0 cm³/mol. The number of aromatic amines is 1. The van der Waals surface area contributed by atoms with Gasteiger partial charge in [0, 0.05) is 18.1 Å². The molecule has 1 heterocycles. The zero-order chi connectivity index (χ0) is 15.0. The zero-order valence-corrected chi connectivity index (χ0v) is 11.3. The van der Waals surface area contributed by atoms with Crippen molar-refractivity contribution in [3.8, 4) is 0 Å². The van der Waals surface area contributed by atoms with Gasteiger partial charge in [-0.2, -0.15) is 13.2 Å². The number of aromatic nitrogens is 1. The second kappa shape index (κ2) is 5.09. The van der Waals surface area contributed by atoms with E-state index in [2.05, 4.69) is 4.98 Å². The molecule has 0 bridgehead atoms. The first-order valence-electron chi connectivity index (χ1n) is 6.86. The van der Waals surface area contributed by atoms with Crippen molar-refractivity contribution in [3.63, 3.8) is 0 Å². The van der Waals surface area contributed by atoms with Gasteiger partial charge in [0.2, 0.25) is 0 Å². The Morgan fingerprint density at radius 3 is 2.71 bits per heavy atom. The predicted octanol–water partition coefficient (Wildman–Crippen LogP) is 3.58. The van der Waals surface area contributed by atoms with Crippen LogP contribution in [0.3, 0.4) is 0 Å². The summed E-state index contributed by atoms with van der Waals surface area (Å²) in [5.74, 6) is -0.355. The molecule has 1 aliphatic carbocycles. The summed E-state index contributed by atoms with van der Waals surface area (Å²) in [6.45, 7) is -1.02. The molecular weight excluding hydrogens is 281 g/mol. The van der Waals surface area contributed by atoms with Gasteiger partial charge in [-0.05, 0) is 30.9 Å². The molecule has 0 spiro atoms. The van der Waals surface area contributed by atoms with E-state index in [0.29, 0.717) is 11.1 Å². The monoisotopic (exact) mass is 296 g/mol. The van der Waals surface area contributed by atoms with Crippen molar-refractivity contribution >= 4 is 16.8 Å². The largest absolute Gasteiger partial charge is 0.406 e. The summed E-state index contributed by atoms with van der Waals surface area (Å²) in [5.41, 5.74) is 0.882. The smallest absolute Gasteiger partial charge is 0.361 e. The number of nitrogens with zero attached hydrogens (tertiary/aromatic N) is 1. The van der Waals surface area contributed by atoms with Crippen LogP contribution in [0, 0.1) is 5.92 Å². The van der Waals surface area contributed by atoms with Crippen LogP contribution in [0.4, 0.5) is 13.2 Å². The van der Waals surface area contributed by atoms with E-state index in [0.717, 1.165) is 23.1 Å². The molecule has 1 amide bonds. The average molecular weight is 296 g/mol. The first-order valence-corrected chi connectivity index (χ1v) is 6.86. The SMILES string of the molecule is O=C(c1cccc2cc[nH]c12)N(CC1CC1)CC(F)(F)F. The molecule has 1 aromatic carbocycles. The lowest BCUT2D eigenvalue weighted by molar-refractivity contribution is -0.141. The Kier molecular flexibility index (Phi) is 3.39. The number of rotatable bonds is 4. The molecule has 1 saturated carbocycles. The minimum atomic E-state index is -4.38. The van der Waals surface area contributed by atoms with Gasteiger partial charge in [-0.25, -0.2) is 0 Å². The Morgan fingerprint density at radius 2 is 2.05 bits per heavy atom. The van der Waals surface area contributed by atoms with E-state index >= 15 is 0 Å². The van der Waals surface area contributed by atoms with Crippen molar-refractivity contribution in [2.24, 2.45) is 5.92 Å². The third-order valence-corrected chi connectivity index (χ3v) is 3.65. The van der Waals surface area contributed by atoms with Gasteiger partial charge in [0.1, 0.15) is 6.54 Å². The third kappa shape index (κ3) is 3.20. The topological polar surface area (TPSA) is 36.1 Å². The van der Waals surface area contributed by atoms with Crippen molar-refractivity contribution in [2.45, 2.75) is 19.0 Å². The first-order chi connectivity index (χ1) is 9.94. The van der Waals surface area contributed by atoms with Crippen molar-refractivity contribution in [1.82, 2.24) is 9.88 Å². The number of carbonyl (C=O) groups is 1. The number of fused-ring (bicyclic) bond motifs is 1. The summed E-state index contributed by atoms with van der Waals surface area (Å²) >= 11 is 0. The van der Waals surface area contributed by atoms with Crippen LogP contribution in [0.1, 0.15) is 23.2 Å². The molecule has 112 valence electrons. The van der Waals surface area contributed by atoms with Crippen LogP contribution < -0.4 is 0 Å². The number of amides is 1. The van der Waals surface area contributed by atoms with Crippen LogP contribution in [0.25, 0.3) is 10.9 Å². The fourth-order valence-electron chi connectivity index (χ4n) is 2.48. The second-order valence-corrected chi connectivity index (χ2v) is 5.49. The van der Waals surface area contributed by atoms with Gasteiger partial charge in [0.25, 0.3) is 5.91 Å². The number of hydrogen-bond acceptors (Lipinski definition) is 1. The van der Waals surface area contributed by atoms with Gasteiger partial charge < -0.3 is 9.88 Å². The Hall–Kier alpha value is -1.98. The third-order valence-electron chi connectivity index (χ3n) is 3.65. The highest BCUT2D eigenvalue weighted by atomic mass is 19.4. The van der Waals surface area contributed by atoms with E-state index in [9.17, 15) is 18.0 Å². The Balaban J connectivity index is 1.90. The molecule has 3 nitrogen and oxygen atoms in total. The van der Waals surface area contributed by atoms with Crippen LogP contribution >= 0.6 is 0 Å². The lowest BCUT2D eigenvalue weighted by Crippen LogP contribution is -2.40. The first kappa shape index (κ1) is 14.0. The summed E-state index contributed by atoms with van der Waals surface area (Å²) in [4.78, 5) is 16.4. The van der Waals surface area contributed by atoms with Crippen LogP contribution in [0.2, 0.25) is 0 Å². The Bertz CT molecular complexity index is 658. The molecule has 0 radical (unpaired) electrons. The number of benzene rings is 1. The van der Waals surface area contributed by atoms with E-state index in [-0.39, 0.29) is 12.5 Å². The minimum Gasteiger partial charge on any atom is -0.361 e. The molecule has 1 aliphatic rings. The molecule has 0 aliphatic heterocycles. The Morgan fingerprint density at radius 1 is 1.29 bits per heavy atom. The normalized spacial score (nSPS) is 15.4. The molecule has 0 atom stereocenters. The van der Waals surface area contributed by atoms with Gasteiger partial charge in [-0.15, -0.1) is 0 Å². The summed E-state index contributed by atoms with van der Waals surface area (Å²) in [7, 11) is 0. The van der Waals surface area contributed by atoms with Crippen LogP contribution in [-0.4, -0.2) is 35.1 Å². The highest BCUT2D eigenvalue weighted by Crippen LogP contribution is 2.32. The van der Waals surface area contributed by atoms with E-state index in [1.165, 1.54) is 0 Å². The number of carbonyl (C=O) groups excluding carboxylic acids is 1. The highest BCUT2D eigenvalue weighted by Gasteiger charge is 2.36. The fourth-order valence-corrected chi connectivity index (χ4v) is 2.48. The fraction of sp³-hybridized carbons (Fsp3) is 0.400. The minimum absolute atomic E-state index is 0.176. The lowest BCUT2D eigenvalue weighted by Gasteiger charge is -2.24. The molecule has 0 saturated heterocycles. The van der Waals surface area contributed by atoms with Gasteiger partial charge in [0.05, 0.1) is 11.1 Å². The van der Waals surface area contributed by atoms with E-state index in [1.807, 2.05) is 6.07 Å². The quantitative estimate of drug-likeness (QED) is 0.919. The van der Waals surface area contributed by atoms with Crippen LogP contribution in [0.5, 0.6) is 0 Å². The summed E-state index contributed by atoms with van der Waals surface area (Å²) < 4.78 is 38.1. The van der Waals surface area contributed by atoms with Gasteiger partial charge in [-0.3, -0.25) is 4.79 Å². The lowest BCUT2D eigenvalue weighted by atomic mass is 10.1. The highest BCUT2D eigenvalue weighted by molar-refractivity contribution is 6.05. The molecule has 6 heteroatoms. The number of H-pyrrole nitrogens is 1. The van der Waals surface area contributed by atoms with Crippen molar-refractivity contribution in [1.29, 1.82) is 0 Å². The van der Waals surface area contributed by atoms with E-state index in [1.54, 1.807) is 24.4 Å². The average Bonchev–Trinajstić information content (AvgIpc) is 3.09. The maximum absolute atomic E-state index is 12.7. The number of alkyl halides is 3. The molecule has 0 unspecified atom stereocenters. The maximum Gasteiger partial charge on any atom is 0.406 e. The molecule has 1 fully saturated rings. The summed E-state index contributed by atoms with van der Waals surface area (Å²) in [6, 6.07) is 6.86. The molecule has 2 aromatic rings. The maximum atomic E-state index is 12.7. The molecule has 1 aromatic heterocycles. The summed E-state index contributed by atoms with van der Waals surface area (Å²) in [6.07, 6.45) is -0.909.